The number of ether oxygens (including phenoxy) is 1. The highest BCUT2D eigenvalue weighted by Gasteiger charge is 2.32. The molecule has 7 nitrogen and oxygen atoms in total. The fraction of sp³-hybridized carbons (Fsp3) is 0.385. The number of benzene rings is 1. The van der Waals surface area contributed by atoms with Crippen LogP contribution in [0.3, 0.4) is 0 Å². The van der Waals surface area contributed by atoms with Crippen LogP contribution in [0.5, 0.6) is 5.75 Å². The minimum atomic E-state index is -3.72. The quantitative estimate of drug-likeness (QED) is 0.843. The number of aryl methyl sites for hydroxylation is 1. The van der Waals surface area contributed by atoms with Crippen LogP contribution >= 0.6 is 11.6 Å². The van der Waals surface area contributed by atoms with Crippen molar-refractivity contribution in [3.63, 3.8) is 0 Å². The number of rotatable bonds is 3. The molecule has 0 N–H and O–H groups in total. The first-order valence-corrected chi connectivity index (χ1v) is 8.47. The molecular weight excluding hydrogens is 328 g/mol. The van der Waals surface area contributed by atoms with Gasteiger partial charge >= 0.3 is 0 Å². The van der Waals surface area contributed by atoms with Crippen molar-refractivity contribution < 1.29 is 13.2 Å². The van der Waals surface area contributed by atoms with E-state index >= 15 is 0 Å². The molecule has 0 aliphatic carbocycles. The maximum absolute atomic E-state index is 12.9. The van der Waals surface area contributed by atoms with Gasteiger partial charge in [-0.25, -0.2) is 8.42 Å². The summed E-state index contributed by atoms with van der Waals surface area (Å²) >= 11 is 5.94. The van der Waals surface area contributed by atoms with Crippen molar-refractivity contribution >= 4 is 21.6 Å². The van der Waals surface area contributed by atoms with E-state index in [0.717, 1.165) is 5.82 Å². The molecule has 9 heteroatoms. The van der Waals surface area contributed by atoms with Crippen LogP contribution in [-0.2, 0) is 23.1 Å². The number of hydrogen-bond donors (Lipinski definition) is 0. The highest BCUT2D eigenvalue weighted by Crippen LogP contribution is 2.31. The van der Waals surface area contributed by atoms with Crippen molar-refractivity contribution in [1.82, 2.24) is 19.1 Å². The summed E-state index contributed by atoms with van der Waals surface area (Å²) in [5.41, 5.74) is 0. The largest absolute Gasteiger partial charge is 0.495 e. The molecule has 1 aliphatic rings. The van der Waals surface area contributed by atoms with Gasteiger partial charge in [-0.1, -0.05) is 11.6 Å². The van der Waals surface area contributed by atoms with Gasteiger partial charge in [-0.3, -0.25) is 0 Å². The lowest BCUT2D eigenvalue weighted by molar-refractivity contribution is 0.330. The summed E-state index contributed by atoms with van der Waals surface area (Å²) in [4.78, 5) is 0.0622. The molecule has 0 saturated carbocycles. The Kier molecular flexibility index (Phi) is 3.84. The molecule has 0 bridgehead atoms. The van der Waals surface area contributed by atoms with Gasteiger partial charge < -0.3 is 9.30 Å². The molecule has 0 atom stereocenters. The summed E-state index contributed by atoms with van der Waals surface area (Å²) in [5, 5.41) is 8.35. The number of sulfonamides is 1. The molecule has 1 aromatic carbocycles. The Morgan fingerprint density at radius 1 is 1.27 bits per heavy atom. The van der Waals surface area contributed by atoms with Gasteiger partial charge in [0, 0.05) is 18.1 Å². The number of nitrogens with zero attached hydrogens (tertiary/aromatic N) is 4. The molecule has 2 aromatic rings. The second kappa shape index (κ2) is 5.53. The smallest absolute Gasteiger partial charge is 0.247 e. The number of methoxy groups -OCH3 is 1. The number of fused-ring (bicyclic) bond motifs is 1. The van der Waals surface area contributed by atoms with Crippen LogP contribution in [0.2, 0.25) is 5.02 Å². The van der Waals surface area contributed by atoms with Gasteiger partial charge in [0.05, 0.1) is 13.7 Å². The highest BCUT2D eigenvalue weighted by molar-refractivity contribution is 7.89. The van der Waals surface area contributed by atoms with Gasteiger partial charge in [-0.15, -0.1) is 10.2 Å². The summed E-state index contributed by atoms with van der Waals surface area (Å²) in [6.45, 7) is 2.90. The van der Waals surface area contributed by atoms with Crippen molar-refractivity contribution in [1.29, 1.82) is 0 Å². The van der Waals surface area contributed by atoms with Crippen LogP contribution < -0.4 is 4.74 Å². The maximum Gasteiger partial charge on any atom is 0.247 e. The molecule has 0 amide bonds. The summed E-state index contributed by atoms with van der Waals surface area (Å²) in [7, 11) is -2.29. The van der Waals surface area contributed by atoms with E-state index in [0.29, 0.717) is 23.9 Å². The first-order valence-electron chi connectivity index (χ1n) is 6.66. The molecule has 1 aromatic heterocycles. The number of aromatic nitrogens is 3. The Hall–Kier alpha value is -1.64. The Morgan fingerprint density at radius 2 is 2.05 bits per heavy atom. The Bertz CT molecular complexity index is 819. The lowest BCUT2D eigenvalue weighted by atomic mass is 10.3. The Balaban J connectivity index is 2.00. The zero-order chi connectivity index (χ0) is 15.9. The van der Waals surface area contributed by atoms with Crippen LogP contribution in [0.4, 0.5) is 0 Å². The Morgan fingerprint density at radius 3 is 2.77 bits per heavy atom. The van der Waals surface area contributed by atoms with E-state index in [-0.39, 0.29) is 17.2 Å². The third-order valence-electron chi connectivity index (χ3n) is 3.65. The molecule has 1 aliphatic heterocycles. The summed E-state index contributed by atoms with van der Waals surface area (Å²) in [5.74, 6) is 1.69. The van der Waals surface area contributed by atoms with Crippen LogP contribution in [0.25, 0.3) is 0 Å². The van der Waals surface area contributed by atoms with Gasteiger partial charge in [-0.05, 0) is 25.1 Å². The molecule has 0 fully saturated rings. The van der Waals surface area contributed by atoms with Gasteiger partial charge in [0.15, 0.2) is 0 Å². The highest BCUT2D eigenvalue weighted by atomic mass is 35.5. The summed E-state index contributed by atoms with van der Waals surface area (Å²) in [6.07, 6.45) is 0. The lowest BCUT2D eigenvalue weighted by Crippen LogP contribution is -2.38. The molecular formula is C13H15ClN4O3S. The summed E-state index contributed by atoms with van der Waals surface area (Å²) < 4.78 is 34.2. The second-order valence-electron chi connectivity index (χ2n) is 4.95. The van der Waals surface area contributed by atoms with Crippen molar-refractivity contribution in [3.05, 3.63) is 34.9 Å². The van der Waals surface area contributed by atoms with Crippen LogP contribution in [0.1, 0.15) is 11.6 Å². The van der Waals surface area contributed by atoms with Gasteiger partial charge in [0.1, 0.15) is 22.3 Å². The molecule has 0 unspecified atom stereocenters. The molecule has 0 spiro atoms. The van der Waals surface area contributed by atoms with Gasteiger partial charge in [0.25, 0.3) is 0 Å². The average molecular weight is 343 g/mol. The zero-order valence-electron chi connectivity index (χ0n) is 12.2. The lowest BCUT2D eigenvalue weighted by Gasteiger charge is -2.27. The normalized spacial score (nSPS) is 15.6. The van der Waals surface area contributed by atoms with Crippen LogP contribution in [-0.4, -0.2) is 41.1 Å². The van der Waals surface area contributed by atoms with Crippen molar-refractivity contribution in [3.8, 4) is 5.75 Å². The van der Waals surface area contributed by atoms with Crippen molar-refractivity contribution in [2.24, 2.45) is 0 Å². The number of halogens is 1. The first kappa shape index (κ1) is 15.3. The first-order chi connectivity index (χ1) is 10.4. The molecule has 2 heterocycles. The van der Waals surface area contributed by atoms with E-state index in [4.69, 9.17) is 16.3 Å². The van der Waals surface area contributed by atoms with E-state index < -0.39 is 10.0 Å². The van der Waals surface area contributed by atoms with E-state index in [1.165, 1.54) is 17.5 Å². The molecule has 3 rings (SSSR count). The fourth-order valence-electron chi connectivity index (χ4n) is 2.48. The summed E-state index contributed by atoms with van der Waals surface area (Å²) in [6, 6.07) is 4.54. The molecule has 118 valence electrons. The fourth-order valence-corrected chi connectivity index (χ4v) is 4.28. The predicted octanol–water partition coefficient (Wildman–Crippen LogP) is 1.45. The van der Waals surface area contributed by atoms with E-state index in [1.54, 1.807) is 12.1 Å². The maximum atomic E-state index is 12.9. The van der Waals surface area contributed by atoms with E-state index in [1.807, 2.05) is 11.5 Å². The SMILES string of the molecule is COc1ccc(Cl)cc1S(=O)(=O)N1CCn2c(C)nnc2C1. The minimum Gasteiger partial charge on any atom is -0.495 e. The molecule has 0 radical (unpaired) electrons. The third-order valence-corrected chi connectivity index (χ3v) is 5.75. The zero-order valence-corrected chi connectivity index (χ0v) is 13.7. The molecule has 0 saturated heterocycles. The average Bonchev–Trinajstić information content (AvgIpc) is 2.88. The number of hydrogen-bond acceptors (Lipinski definition) is 5. The monoisotopic (exact) mass is 342 g/mol. The standard InChI is InChI=1S/C13H15ClN4O3S/c1-9-15-16-13-8-17(5-6-18(9)13)22(19,20)12-7-10(14)3-4-11(12)21-2/h3-4,7H,5-6,8H2,1-2H3. The molecule has 22 heavy (non-hydrogen) atoms. The Labute approximate surface area is 133 Å². The van der Waals surface area contributed by atoms with E-state index in [9.17, 15) is 8.42 Å². The van der Waals surface area contributed by atoms with Gasteiger partial charge in [-0.2, -0.15) is 4.31 Å². The minimum absolute atomic E-state index is 0.0622. The second-order valence-corrected chi connectivity index (χ2v) is 7.29. The van der Waals surface area contributed by atoms with Crippen LogP contribution in [0, 0.1) is 6.92 Å². The predicted molar refractivity (Wildman–Crippen MR) is 80.4 cm³/mol. The van der Waals surface area contributed by atoms with Crippen molar-refractivity contribution in [2.75, 3.05) is 13.7 Å². The topological polar surface area (TPSA) is 77.3 Å². The van der Waals surface area contributed by atoms with Crippen molar-refractivity contribution in [2.45, 2.75) is 24.9 Å². The van der Waals surface area contributed by atoms with E-state index in [2.05, 4.69) is 10.2 Å². The third kappa shape index (κ3) is 2.47. The van der Waals surface area contributed by atoms with Crippen LogP contribution in [0.15, 0.2) is 23.1 Å². The van der Waals surface area contributed by atoms with Gasteiger partial charge in [0.2, 0.25) is 10.0 Å².